The molecule has 0 aliphatic carbocycles. The summed E-state index contributed by atoms with van der Waals surface area (Å²) in [5.74, 6) is 0. The van der Waals surface area contributed by atoms with Crippen molar-refractivity contribution < 1.29 is 0 Å². The van der Waals surface area contributed by atoms with E-state index in [1.165, 1.54) is 0 Å². The molecule has 1 aromatic heterocycles. The maximum Gasteiger partial charge on any atom is 0.277 e. The Morgan fingerprint density at radius 3 is 2.43 bits per heavy atom. The van der Waals surface area contributed by atoms with Gasteiger partial charge in [0.15, 0.2) is 0 Å². The van der Waals surface area contributed by atoms with Gasteiger partial charge >= 0.3 is 0 Å². The number of rotatable bonds is 2. The summed E-state index contributed by atoms with van der Waals surface area (Å²) in [5.41, 5.74) is 3.99. The van der Waals surface area contributed by atoms with Crippen LogP contribution in [0.15, 0.2) is 53.3 Å². The first-order valence-corrected chi connectivity index (χ1v) is 6.84. The molecule has 2 aromatic carbocycles. The van der Waals surface area contributed by atoms with Crippen molar-refractivity contribution in [2.75, 3.05) is 19.0 Å². The number of para-hydroxylation sites is 1. The van der Waals surface area contributed by atoms with Crippen LogP contribution in [0.5, 0.6) is 0 Å². The van der Waals surface area contributed by atoms with Crippen LogP contribution in [-0.4, -0.2) is 23.6 Å². The summed E-state index contributed by atoms with van der Waals surface area (Å²) in [6.45, 7) is 1.75. The van der Waals surface area contributed by atoms with E-state index in [4.69, 9.17) is 0 Å². The molecule has 0 radical (unpaired) electrons. The van der Waals surface area contributed by atoms with E-state index in [0.717, 1.165) is 22.4 Å². The Morgan fingerprint density at radius 2 is 1.76 bits per heavy atom. The van der Waals surface area contributed by atoms with E-state index in [-0.39, 0.29) is 5.56 Å². The number of aryl methyl sites for hydroxylation is 1. The highest BCUT2D eigenvalue weighted by Gasteiger charge is 2.10. The van der Waals surface area contributed by atoms with Crippen molar-refractivity contribution in [1.82, 2.24) is 9.55 Å². The Kier molecular flexibility index (Phi) is 3.22. The van der Waals surface area contributed by atoms with Gasteiger partial charge < -0.3 is 4.90 Å². The van der Waals surface area contributed by atoms with E-state index in [9.17, 15) is 4.79 Å². The van der Waals surface area contributed by atoms with Gasteiger partial charge in [0.1, 0.15) is 5.69 Å². The zero-order valence-electron chi connectivity index (χ0n) is 12.4. The molecule has 0 atom stereocenters. The number of hydrogen-bond donors (Lipinski definition) is 0. The summed E-state index contributed by atoms with van der Waals surface area (Å²) in [4.78, 5) is 19.0. The summed E-state index contributed by atoms with van der Waals surface area (Å²) in [6.07, 6.45) is 0. The summed E-state index contributed by atoms with van der Waals surface area (Å²) in [6, 6.07) is 15.6. The quantitative estimate of drug-likeness (QED) is 0.724. The predicted octanol–water partition coefficient (Wildman–Crippen LogP) is 2.76. The summed E-state index contributed by atoms with van der Waals surface area (Å²) in [7, 11) is 3.97. The first-order valence-electron chi connectivity index (χ1n) is 6.84. The normalized spacial score (nSPS) is 10.8. The average Bonchev–Trinajstić information content (AvgIpc) is 2.49. The van der Waals surface area contributed by atoms with Crippen molar-refractivity contribution in [2.45, 2.75) is 6.92 Å². The Morgan fingerprint density at radius 1 is 1.05 bits per heavy atom. The van der Waals surface area contributed by atoms with Crippen LogP contribution in [0.2, 0.25) is 0 Å². The molecule has 4 heteroatoms. The minimum absolute atomic E-state index is 0.0775. The van der Waals surface area contributed by atoms with Gasteiger partial charge in [0.25, 0.3) is 5.56 Å². The molecule has 0 fully saturated rings. The van der Waals surface area contributed by atoms with Crippen molar-refractivity contribution in [1.29, 1.82) is 0 Å². The largest absolute Gasteiger partial charge is 0.378 e. The molecule has 1 heterocycles. The van der Waals surface area contributed by atoms with Gasteiger partial charge in [0.2, 0.25) is 0 Å². The molecule has 0 saturated heterocycles. The Balaban J connectivity index is 2.38. The molecule has 0 N–H and O–H groups in total. The van der Waals surface area contributed by atoms with Crippen LogP contribution >= 0.6 is 0 Å². The van der Waals surface area contributed by atoms with Crippen molar-refractivity contribution in [3.05, 3.63) is 64.6 Å². The smallest absolute Gasteiger partial charge is 0.277 e. The standard InChI is InChI=1S/C17H17N3O/c1-12-17(21)20(13-7-5-4-6-8-13)16-10-9-14(19(2)3)11-15(16)18-12/h4-11H,1-3H3. The Hall–Kier alpha value is -2.62. The first-order chi connectivity index (χ1) is 10.1. The SMILES string of the molecule is Cc1nc2cc(N(C)C)ccc2n(-c2ccccc2)c1=O. The zero-order chi connectivity index (χ0) is 15.0. The molecule has 106 valence electrons. The number of hydrogen-bond acceptors (Lipinski definition) is 3. The minimum Gasteiger partial charge on any atom is -0.378 e. The fourth-order valence-electron chi connectivity index (χ4n) is 2.40. The minimum atomic E-state index is -0.0775. The Labute approximate surface area is 123 Å². The lowest BCUT2D eigenvalue weighted by molar-refractivity contribution is 0.979. The molecule has 0 amide bonds. The second-order valence-corrected chi connectivity index (χ2v) is 5.24. The van der Waals surface area contributed by atoms with Crippen molar-refractivity contribution in [3.8, 4) is 5.69 Å². The fraction of sp³-hybridized carbons (Fsp3) is 0.176. The molecule has 0 spiro atoms. The van der Waals surface area contributed by atoms with Crippen LogP contribution in [0.25, 0.3) is 16.7 Å². The van der Waals surface area contributed by atoms with E-state index in [1.54, 1.807) is 11.5 Å². The lowest BCUT2D eigenvalue weighted by atomic mass is 10.2. The van der Waals surface area contributed by atoms with E-state index in [1.807, 2.05) is 67.5 Å². The van der Waals surface area contributed by atoms with Gasteiger partial charge in [-0.3, -0.25) is 9.36 Å². The molecule has 0 aliphatic heterocycles. The van der Waals surface area contributed by atoms with Crippen LogP contribution in [-0.2, 0) is 0 Å². The van der Waals surface area contributed by atoms with E-state index < -0.39 is 0 Å². The maximum absolute atomic E-state index is 12.5. The van der Waals surface area contributed by atoms with Gasteiger partial charge in [0.05, 0.1) is 11.0 Å². The molecule has 3 aromatic rings. The van der Waals surface area contributed by atoms with Crippen LogP contribution in [0, 0.1) is 6.92 Å². The highest BCUT2D eigenvalue weighted by Crippen LogP contribution is 2.20. The highest BCUT2D eigenvalue weighted by atomic mass is 16.1. The third-order valence-electron chi connectivity index (χ3n) is 3.53. The molecule has 21 heavy (non-hydrogen) atoms. The summed E-state index contributed by atoms with van der Waals surface area (Å²) >= 11 is 0. The second kappa shape index (κ2) is 5.05. The number of nitrogens with zero attached hydrogens (tertiary/aromatic N) is 3. The number of anilines is 1. The summed E-state index contributed by atoms with van der Waals surface area (Å²) in [5, 5.41) is 0. The summed E-state index contributed by atoms with van der Waals surface area (Å²) < 4.78 is 1.72. The molecule has 3 rings (SSSR count). The van der Waals surface area contributed by atoms with Crippen LogP contribution in [0.4, 0.5) is 5.69 Å². The van der Waals surface area contributed by atoms with Crippen molar-refractivity contribution >= 4 is 16.7 Å². The first kappa shape index (κ1) is 13.4. The van der Waals surface area contributed by atoms with Gasteiger partial charge in [0, 0.05) is 25.5 Å². The van der Waals surface area contributed by atoms with Crippen LogP contribution in [0.3, 0.4) is 0 Å². The zero-order valence-corrected chi connectivity index (χ0v) is 12.4. The van der Waals surface area contributed by atoms with Gasteiger partial charge in [-0.25, -0.2) is 4.98 Å². The lowest BCUT2D eigenvalue weighted by Gasteiger charge is -2.15. The number of aromatic nitrogens is 2. The average molecular weight is 279 g/mol. The lowest BCUT2D eigenvalue weighted by Crippen LogP contribution is -2.22. The molecular weight excluding hydrogens is 262 g/mol. The number of benzene rings is 2. The van der Waals surface area contributed by atoms with E-state index >= 15 is 0 Å². The highest BCUT2D eigenvalue weighted by molar-refractivity contribution is 5.81. The fourth-order valence-corrected chi connectivity index (χ4v) is 2.40. The predicted molar refractivity (Wildman–Crippen MR) is 86.4 cm³/mol. The third-order valence-corrected chi connectivity index (χ3v) is 3.53. The van der Waals surface area contributed by atoms with Crippen LogP contribution < -0.4 is 10.5 Å². The Bertz CT molecular complexity index is 851. The van der Waals surface area contributed by atoms with Crippen LogP contribution in [0.1, 0.15) is 5.69 Å². The molecule has 0 aliphatic rings. The third kappa shape index (κ3) is 2.29. The van der Waals surface area contributed by atoms with Gasteiger partial charge in [-0.2, -0.15) is 0 Å². The van der Waals surface area contributed by atoms with Crippen molar-refractivity contribution in [3.63, 3.8) is 0 Å². The van der Waals surface area contributed by atoms with Gasteiger partial charge in [-0.05, 0) is 37.3 Å². The molecule has 0 saturated carbocycles. The van der Waals surface area contributed by atoms with Gasteiger partial charge in [-0.1, -0.05) is 18.2 Å². The molecular formula is C17H17N3O. The molecule has 0 unspecified atom stereocenters. The van der Waals surface area contributed by atoms with E-state index in [0.29, 0.717) is 5.69 Å². The van der Waals surface area contributed by atoms with Gasteiger partial charge in [-0.15, -0.1) is 0 Å². The molecule has 4 nitrogen and oxygen atoms in total. The maximum atomic E-state index is 12.5. The van der Waals surface area contributed by atoms with Crippen molar-refractivity contribution in [2.24, 2.45) is 0 Å². The molecule has 0 bridgehead atoms. The topological polar surface area (TPSA) is 38.1 Å². The monoisotopic (exact) mass is 279 g/mol. The number of fused-ring (bicyclic) bond motifs is 1. The second-order valence-electron chi connectivity index (χ2n) is 5.24. The van der Waals surface area contributed by atoms with E-state index in [2.05, 4.69) is 4.98 Å².